The van der Waals surface area contributed by atoms with E-state index < -0.39 is 6.43 Å². The van der Waals surface area contributed by atoms with E-state index in [2.05, 4.69) is 15.9 Å². The number of hydrogen-bond donors (Lipinski definition) is 0. The molecule has 0 N–H and O–H groups in total. The Labute approximate surface area is 107 Å². The molecule has 0 atom stereocenters. The van der Waals surface area contributed by atoms with E-state index >= 15 is 0 Å². The Hall–Kier alpha value is -0.970. The van der Waals surface area contributed by atoms with Crippen LogP contribution in [0.4, 0.5) is 8.78 Å². The summed E-state index contributed by atoms with van der Waals surface area (Å²) in [6, 6.07) is 4.67. The number of ether oxygens (including phenoxy) is 1. The zero-order valence-corrected chi connectivity index (χ0v) is 11.0. The number of esters is 1. The molecular formula is C12H13BrF2O2. The predicted molar refractivity (Wildman–Crippen MR) is 64.1 cm³/mol. The summed E-state index contributed by atoms with van der Waals surface area (Å²) in [7, 11) is 0. The fourth-order valence-electron chi connectivity index (χ4n) is 1.47. The molecule has 0 heterocycles. The minimum Gasteiger partial charge on any atom is -0.466 e. The minimum atomic E-state index is -2.54. The molecule has 1 rings (SSSR count). The summed E-state index contributed by atoms with van der Waals surface area (Å²) < 4.78 is 30.8. The lowest BCUT2D eigenvalue weighted by molar-refractivity contribution is -0.143. The molecule has 0 saturated heterocycles. The van der Waals surface area contributed by atoms with Crippen LogP contribution in [0.5, 0.6) is 0 Å². The van der Waals surface area contributed by atoms with Gasteiger partial charge in [0, 0.05) is 16.5 Å². The summed E-state index contributed by atoms with van der Waals surface area (Å²) in [4.78, 5) is 11.1. The van der Waals surface area contributed by atoms with Crippen LogP contribution in [0.1, 0.15) is 30.9 Å². The van der Waals surface area contributed by atoms with E-state index in [1.165, 1.54) is 6.07 Å². The molecule has 0 unspecified atom stereocenters. The maximum absolute atomic E-state index is 12.7. The van der Waals surface area contributed by atoms with Crippen LogP contribution in [0.15, 0.2) is 22.7 Å². The number of aryl methyl sites for hydroxylation is 1. The van der Waals surface area contributed by atoms with Crippen molar-refractivity contribution in [1.82, 2.24) is 0 Å². The third-order valence-corrected chi connectivity index (χ3v) is 2.74. The Morgan fingerprint density at radius 2 is 2.18 bits per heavy atom. The van der Waals surface area contributed by atoms with Gasteiger partial charge in [0.2, 0.25) is 0 Å². The molecule has 0 aliphatic carbocycles. The van der Waals surface area contributed by atoms with Gasteiger partial charge in [-0.3, -0.25) is 4.79 Å². The van der Waals surface area contributed by atoms with Gasteiger partial charge in [-0.2, -0.15) is 0 Å². The molecule has 0 spiro atoms. The molecule has 0 aromatic heterocycles. The third kappa shape index (κ3) is 4.42. The monoisotopic (exact) mass is 306 g/mol. The number of halogens is 3. The second kappa shape index (κ2) is 6.69. The molecule has 0 aliphatic rings. The molecule has 0 radical (unpaired) electrons. The van der Waals surface area contributed by atoms with Crippen LogP contribution in [-0.4, -0.2) is 12.6 Å². The second-order valence-electron chi connectivity index (χ2n) is 3.45. The van der Waals surface area contributed by atoms with Crippen LogP contribution in [0.3, 0.4) is 0 Å². The quantitative estimate of drug-likeness (QED) is 0.772. The van der Waals surface area contributed by atoms with Crippen LogP contribution >= 0.6 is 15.9 Å². The normalized spacial score (nSPS) is 10.6. The predicted octanol–water partition coefficient (Wildman–Crippen LogP) is 3.88. The van der Waals surface area contributed by atoms with Gasteiger partial charge >= 0.3 is 5.97 Å². The van der Waals surface area contributed by atoms with Gasteiger partial charge in [0.25, 0.3) is 6.43 Å². The van der Waals surface area contributed by atoms with Crippen LogP contribution in [0.25, 0.3) is 0 Å². The topological polar surface area (TPSA) is 26.3 Å². The first kappa shape index (κ1) is 14.1. The molecule has 1 aromatic carbocycles. The van der Waals surface area contributed by atoms with E-state index in [0.717, 1.165) is 0 Å². The van der Waals surface area contributed by atoms with Crippen molar-refractivity contribution in [3.63, 3.8) is 0 Å². The number of carbonyl (C=O) groups excluding carboxylic acids is 1. The van der Waals surface area contributed by atoms with Crippen LogP contribution in [-0.2, 0) is 16.0 Å². The number of rotatable bonds is 5. The van der Waals surface area contributed by atoms with Gasteiger partial charge in [0.05, 0.1) is 6.61 Å². The summed E-state index contributed by atoms with van der Waals surface area (Å²) in [5.41, 5.74) is 0.444. The third-order valence-electron chi connectivity index (χ3n) is 2.25. The van der Waals surface area contributed by atoms with Crippen molar-refractivity contribution in [2.24, 2.45) is 0 Å². The van der Waals surface area contributed by atoms with E-state index in [9.17, 15) is 13.6 Å². The molecule has 17 heavy (non-hydrogen) atoms. The summed E-state index contributed by atoms with van der Waals surface area (Å²) in [6.45, 7) is 2.02. The molecule has 0 amide bonds. The molecule has 0 fully saturated rings. The lowest BCUT2D eigenvalue weighted by Gasteiger charge is -2.09. The lowest BCUT2D eigenvalue weighted by atomic mass is 10.0. The van der Waals surface area contributed by atoms with E-state index in [0.29, 0.717) is 16.6 Å². The Balaban J connectivity index is 2.73. The smallest absolute Gasteiger partial charge is 0.306 e. The zero-order chi connectivity index (χ0) is 12.8. The Kier molecular flexibility index (Phi) is 5.55. The SMILES string of the molecule is CCOC(=O)CCc1ccc(Br)cc1C(F)F. The number of benzene rings is 1. The van der Waals surface area contributed by atoms with Gasteiger partial charge in [-0.05, 0) is 31.0 Å². The van der Waals surface area contributed by atoms with Gasteiger partial charge in [0.15, 0.2) is 0 Å². The fraction of sp³-hybridized carbons (Fsp3) is 0.417. The maximum Gasteiger partial charge on any atom is 0.306 e. The highest BCUT2D eigenvalue weighted by Gasteiger charge is 2.14. The molecule has 1 aromatic rings. The summed E-state index contributed by atoms with van der Waals surface area (Å²) in [5.74, 6) is -0.365. The lowest BCUT2D eigenvalue weighted by Crippen LogP contribution is -2.06. The molecule has 2 nitrogen and oxygen atoms in total. The van der Waals surface area contributed by atoms with E-state index in [1.807, 2.05) is 0 Å². The van der Waals surface area contributed by atoms with Crippen molar-refractivity contribution in [2.75, 3.05) is 6.61 Å². The average molecular weight is 307 g/mol. The van der Waals surface area contributed by atoms with E-state index in [1.54, 1.807) is 19.1 Å². The van der Waals surface area contributed by atoms with Crippen molar-refractivity contribution >= 4 is 21.9 Å². The minimum absolute atomic E-state index is 0.0383. The summed E-state index contributed by atoms with van der Waals surface area (Å²) in [5, 5.41) is 0. The molecule has 0 aliphatic heterocycles. The largest absolute Gasteiger partial charge is 0.466 e. The Morgan fingerprint density at radius 1 is 1.47 bits per heavy atom. The number of hydrogen-bond acceptors (Lipinski definition) is 2. The van der Waals surface area contributed by atoms with Gasteiger partial charge < -0.3 is 4.74 Å². The van der Waals surface area contributed by atoms with Crippen molar-refractivity contribution in [1.29, 1.82) is 0 Å². The van der Waals surface area contributed by atoms with Crippen LogP contribution < -0.4 is 0 Å². The van der Waals surface area contributed by atoms with E-state index in [4.69, 9.17) is 4.74 Å². The number of carbonyl (C=O) groups is 1. The number of alkyl halides is 2. The zero-order valence-electron chi connectivity index (χ0n) is 9.38. The van der Waals surface area contributed by atoms with Crippen molar-refractivity contribution < 1.29 is 18.3 Å². The highest BCUT2D eigenvalue weighted by molar-refractivity contribution is 9.10. The van der Waals surface area contributed by atoms with Crippen molar-refractivity contribution in [2.45, 2.75) is 26.2 Å². The first-order chi connectivity index (χ1) is 8.04. The summed E-state index contributed by atoms with van der Waals surface area (Å²) >= 11 is 3.14. The maximum atomic E-state index is 12.7. The molecule has 0 saturated carbocycles. The standard InChI is InChI=1S/C12H13BrF2O2/c1-2-17-11(16)6-4-8-3-5-9(13)7-10(8)12(14)15/h3,5,7,12H,2,4,6H2,1H3. The Bertz CT molecular complexity index is 394. The Morgan fingerprint density at radius 3 is 2.76 bits per heavy atom. The van der Waals surface area contributed by atoms with Gasteiger partial charge in [-0.15, -0.1) is 0 Å². The van der Waals surface area contributed by atoms with Crippen molar-refractivity contribution in [3.05, 3.63) is 33.8 Å². The van der Waals surface area contributed by atoms with Crippen LogP contribution in [0, 0.1) is 0 Å². The fourth-order valence-corrected chi connectivity index (χ4v) is 1.85. The van der Waals surface area contributed by atoms with Gasteiger partial charge in [-0.1, -0.05) is 22.0 Å². The first-order valence-corrected chi connectivity index (χ1v) is 6.06. The molecule has 94 valence electrons. The van der Waals surface area contributed by atoms with Gasteiger partial charge in [-0.25, -0.2) is 8.78 Å². The average Bonchev–Trinajstić information content (AvgIpc) is 2.27. The van der Waals surface area contributed by atoms with Crippen molar-refractivity contribution in [3.8, 4) is 0 Å². The van der Waals surface area contributed by atoms with Crippen LogP contribution in [0.2, 0.25) is 0 Å². The molecule has 5 heteroatoms. The summed E-state index contributed by atoms with van der Waals surface area (Å²) in [6.07, 6.45) is -2.15. The first-order valence-electron chi connectivity index (χ1n) is 5.26. The highest BCUT2D eigenvalue weighted by Crippen LogP contribution is 2.27. The second-order valence-corrected chi connectivity index (χ2v) is 4.36. The molecule has 0 bridgehead atoms. The van der Waals surface area contributed by atoms with E-state index in [-0.39, 0.29) is 24.4 Å². The van der Waals surface area contributed by atoms with Gasteiger partial charge in [0.1, 0.15) is 0 Å². The highest BCUT2D eigenvalue weighted by atomic mass is 79.9. The molecular weight excluding hydrogens is 294 g/mol.